The number of H-pyrrole nitrogens is 1. The lowest BCUT2D eigenvalue weighted by molar-refractivity contribution is -0.143. The topological polar surface area (TPSA) is 88.3 Å². The summed E-state index contributed by atoms with van der Waals surface area (Å²) in [4.78, 5) is 40.0. The van der Waals surface area contributed by atoms with Crippen molar-refractivity contribution in [2.24, 2.45) is 0 Å². The van der Waals surface area contributed by atoms with Gasteiger partial charge in [0, 0.05) is 17.7 Å². The van der Waals surface area contributed by atoms with Crippen LogP contribution in [0.2, 0.25) is 0 Å². The van der Waals surface area contributed by atoms with Crippen LogP contribution in [0.4, 0.5) is 0 Å². The van der Waals surface area contributed by atoms with Crippen LogP contribution in [0.15, 0.2) is 30.3 Å². The van der Waals surface area contributed by atoms with Gasteiger partial charge in [0.15, 0.2) is 11.8 Å². The largest absolute Gasteiger partial charge is 0.467 e. The molecule has 130 valence electrons. The fraction of sp³-hybridized carbons (Fsp3) is 0.316. The molecule has 0 fully saturated rings. The maximum Gasteiger partial charge on any atom is 0.333 e. The van der Waals surface area contributed by atoms with E-state index in [1.807, 2.05) is 6.07 Å². The van der Waals surface area contributed by atoms with Gasteiger partial charge in [0.25, 0.3) is 5.91 Å². The number of amides is 1. The molecule has 0 radical (unpaired) electrons. The van der Waals surface area contributed by atoms with Crippen LogP contribution in [0.1, 0.15) is 56.6 Å². The highest BCUT2D eigenvalue weighted by Crippen LogP contribution is 2.27. The molecule has 3 rings (SSSR count). The monoisotopic (exact) mass is 340 g/mol. The molecule has 0 aliphatic heterocycles. The number of aryl methyl sites for hydroxylation is 1. The number of carbonyl (C=O) groups excluding carboxylic acids is 3. The molecule has 1 aromatic carbocycles. The Labute approximate surface area is 145 Å². The van der Waals surface area contributed by atoms with Gasteiger partial charge < -0.3 is 15.0 Å². The van der Waals surface area contributed by atoms with Crippen molar-refractivity contribution in [1.29, 1.82) is 0 Å². The summed E-state index contributed by atoms with van der Waals surface area (Å²) >= 11 is 0. The third-order valence-corrected chi connectivity index (χ3v) is 4.51. The molecule has 1 heterocycles. The molecule has 0 saturated heterocycles. The van der Waals surface area contributed by atoms with E-state index < -0.39 is 17.9 Å². The number of benzene rings is 1. The van der Waals surface area contributed by atoms with Gasteiger partial charge in [0.05, 0.1) is 7.11 Å². The van der Waals surface area contributed by atoms with Crippen LogP contribution in [-0.4, -0.2) is 29.8 Å². The van der Waals surface area contributed by atoms with Gasteiger partial charge in [0.1, 0.15) is 5.69 Å². The van der Waals surface area contributed by atoms with E-state index in [-0.39, 0.29) is 5.78 Å². The molecule has 6 nitrogen and oxygen atoms in total. The Morgan fingerprint density at radius 1 is 1.20 bits per heavy atom. The van der Waals surface area contributed by atoms with Gasteiger partial charge in [-0.2, -0.15) is 0 Å². The fourth-order valence-electron chi connectivity index (χ4n) is 3.25. The highest BCUT2D eigenvalue weighted by molar-refractivity contribution is 6.04. The summed E-state index contributed by atoms with van der Waals surface area (Å²) in [5.41, 5.74) is 3.01. The summed E-state index contributed by atoms with van der Waals surface area (Å²) in [5.74, 6) is -0.926. The van der Waals surface area contributed by atoms with Crippen LogP contribution >= 0.6 is 0 Å². The van der Waals surface area contributed by atoms with Gasteiger partial charge in [-0.3, -0.25) is 9.59 Å². The number of nitrogens with one attached hydrogen (secondary N) is 2. The number of aromatic nitrogens is 1. The van der Waals surface area contributed by atoms with Crippen LogP contribution in [0.25, 0.3) is 0 Å². The van der Waals surface area contributed by atoms with Crippen LogP contribution in [0.5, 0.6) is 0 Å². The van der Waals surface area contributed by atoms with Crippen molar-refractivity contribution in [1.82, 2.24) is 10.3 Å². The quantitative estimate of drug-likeness (QED) is 0.837. The van der Waals surface area contributed by atoms with E-state index in [1.54, 1.807) is 31.2 Å². The van der Waals surface area contributed by atoms with Crippen LogP contribution < -0.4 is 5.32 Å². The number of hydrogen-bond acceptors (Lipinski definition) is 4. The third-order valence-electron chi connectivity index (χ3n) is 4.51. The van der Waals surface area contributed by atoms with Crippen molar-refractivity contribution in [3.05, 3.63) is 58.4 Å². The first-order valence-corrected chi connectivity index (χ1v) is 8.21. The summed E-state index contributed by atoms with van der Waals surface area (Å²) in [6, 6.07) is 7.99. The standard InChI is InChI=1S/C19H20N2O4/c1-11-15-13(9-6-10-14(15)22)20-16(11)18(23)21-17(19(24)25-2)12-7-4-3-5-8-12/h3-5,7-8,17,20H,6,9-10H2,1-2H3,(H,21,23). The molecule has 25 heavy (non-hydrogen) atoms. The summed E-state index contributed by atoms with van der Waals surface area (Å²) in [6.45, 7) is 1.75. The van der Waals surface area contributed by atoms with Gasteiger partial charge in [0.2, 0.25) is 0 Å². The lowest BCUT2D eigenvalue weighted by atomic mass is 9.94. The average Bonchev–Trinajstić information content (AvgIpc) is 2.97. The first-order chi connectivity index (χ1) is 12.0. The summed E-state index contributed by atoms with van der Waals surface area (Å²) in [7, 11) is 1.28. The first-order valence-electron chi connectivity index (χ1n) is 8.21. The Bertz CT molecular complexity index is 823. The molecule has 2 aromatic rings. The zero-order chi connectivity index (χ0) is 18.0. The maximum absolute atomic E-state index is 12.7. The number of ether oxygens (including phenoxy) is 1. The zero-order valence-electron chi connectivity index (χ0n) is 14.2. The van der Waals surface area contributed by atoms with Crippen LogP contribution in [-0.2, 0) is 16.0 Å². The molecule has 1 aromatic heterocycles. The summed E-state index contributed by atoms with van der Waals surface area (Å²) < 4.78 is 4.81. The van der Waals surface area contributed by atoms with Crippen molar-refractivity contribution in [2.75, 3.05) is 7.11 Å². The third kappa shape index (κ3) is 3.20. The van der Waals surface area contributed by atoms with Gasteiger partial charge >= 0.3 is 5.97 Å². The average molecular weight is 340 g/mol. The molecule has 1 aliphatic rings. The normalized spacial score (nSPS) is 14.6. The fourth-order valence-corrected chi connectivity index (χ4v) is 3.25. The molecule has 1 atom stereocenters. The van der Waals surface area contributed by atoms with Crippen molar-refractivity contribution in [3.8, 4) is 0 Å². The van der Waals surface area contributed by atoms with Crippen molar-refractivity contribution in [2.45, 2.75) is 32.2 Å². The predicted molar refractivity (Wildman–Crippen MR) is 91.5 cm³/mol. The number of hydrogen-bond donors (Lipinski definition) is 2. The molecule has 1 unspecified atom stereocenters. The Hall–Kier alpha value is -2.89. The minimum atomic E-state index is -0.908. The molecule has 6 heteroatoms. The number of methoxy groups -OCH3 is 1. The second-order valence-electron chi connectivity index (χ2n) is 6.10. The number of esters is 1. The van der Waals surface area contributed by atoms with E-state index in [0.717, 1.165) is 18.5 Å². The lowest BCUT2D eigenvalue weighted by Gasteiger charge is -2.16. The smallest absolute Gasteiger partial charge is 0.333 e. The Morgan fingerprint density at radius 3 is 2.56 bits per heavy atom. The van der Waals surface area contributed by atoms with Crippen LogP contribution in [0.3, 0.4) is 0 Å². The summed E-state index contributed by atoms with van der Waals surface area (Å²) in [5, 5.41) is 2.71. The Morgan fingerprint density at radius 2 is 1.92 bits per heavy atom. The van der Waals surface area contributed by atoms with E-state index in [9.17, 15) is 14.4 Å². The highest BCUT2D eigenvalue weighted by atomic mass is 16.5. The molecule has 1 aliphatic carbocycles. The van der Waals surface area contributed by atoms with Gasteiger partial charge in [-0.25, -0.2) is 4.79 Å². The van der Waals surface area contributed by atoms with Gasteiger partial charge in [-0.15, -0.1) is 0 Å². The molecule has 1 amide bonds. The number of carbonyl (C=O) groups is 3. The van der Waals surface area contributed by atoms with Crippen molar-refractivity contribution < 1.29 is 19.1 Å². The van der Waals surface area contributed by atoms with Crippen molar-refractivity contribution >= 4 is 17.7 Å². The van der Waals surface area contributed by atoms with E-state index in [2.05, 4.69) is 10.3 Å². The second kappa shape index (κ2) is 6.93. The molecule has 0 bridgehead atoms. The number of fused-ring (bicyclic) bond motifs is 1. The second-order valence-corrected chi connectivity index (χ2v) is 6.10. The van der Waals surface area contributed by atoms with E-state index >= 15 is 0 Å². The summed E-state index contributed by atoms with van der Waals surface area (Å²) in [6.07, 6.45) is 2.03. The van der Waals surface area contributed by atoms with Gasteiger partial charge in [-0.05, 0) is 30.9 Å². The zero-order valence-corrected chi connectivity index (χ0v) is 14.2. The first kappa shape index (κ1) is 17.0. The highest BCUT2D eigenvalue weighted by Gasteiger charge is 2.29. The van der Waals surface area contributed by atoms with Crippen LogP contribution in [0, 0.1) is 6.92 Å². The number of aromatic amines is 1. The lowest BCUT2D eigenvalue weighted by Crippen LogP contribution is -2.35. The number of Topliss-reactive ketones (excluding diaryl/α,β-unsaturated/α-hetero) is 1. The Balaban J connectivity index is 1.90. The molecule has 0 spiro atoms. The minimum Gasteiger partial charge on any atom is -0.467 e. The SMILES string of the molecule is COC(=O)C(NC(=O)c1[nH]c2c(c1C)C(=O)CCC2)c1ccccc1. The van der Waals surface area contributed by atoms with Crippen molar-refractivity contribution in [3.63, 3.8) is 0 Å². The number of rotatable bonds is 4. The van der Waals surface area contributed by atoms with E-state index in [4.69, 9.17) is 4.74 Å². The maximum atomic E-state index is 12.7. The number of ketones is 1. The molecular formula is C19H20N2O4. The minimum absolute atomic E-state index is 0.0571. The van der Waals surface area contributed by atoms with E-state index in [0.29, 0.717) is 28.8 Å². The molecule has 2 N–H and O–H groups in total. The Kier molecular flexibility index (Phi) is 4.70. The predicted octanol–water partition coefficient (Wildman–Crippen LogP) is 2.49. The van der Waals surface area contributed by atoms with Gasteiger partial charge in [-0.1, -0.05) is 30.3 Å². The molecular weight excluding hydrogens is 320 g/mol. The van der Waals surface area contributed by atoms with E-state index in [1.165, 1.54) is 7.11 Å². The molecule has 0 saturated carbocycles.